The van der Waals surface area contributed by atoms with Crippen LogP contribution in [-0.2, 0) is 6.42 Å². The van der Waals surface area contributed by atoms with E-state index in [1.165, 1.54) is 25.7 Å². The van der Waals surface area contributed by atoms with Crippen LogP contribution in [-0.4, -0.2) is 35.6 Å². The van der Waals surface area contributed by atoms with Crippen LogP contribution in [0.25, 0.3) is 10.8 Å². The monoisotopic (exact) mass is 359 g/mol. The van der Waals surface area contributed by atoms with E-state index in [1.807, 2.05) is 18.2 Å². The molecule has 26 heavy (non-hydrogen) atoms. The maximum atomic E-state index is 9.39. The number of nitrogens with two attached hydrogens (primary N) is 1. The Morgan fingerprint density at radius 1 is 0.923 bits per heavy atom. The van der Waals surface area contributed by atoms with E-state index in [9.17, 15) is 10.2 Å². The summed E-state index contributed by atoms with van der Waals surface area (Å²) in [6.07, 6.45) is 7.35. The average molecular weight is 360 g/mol. The van der Waals surface area contributed by atoms with E-state index in [2.05, 4.69) is 25.1 Å². The van der Waals surface area contributed by atoms with Crippen LogP contribution in [0.4, 0.5) is 0 Å². The Kier molecular flexibility index (Phi) is 8.36. The van der Waals surface area contributed by atoms with Crippen molar-refractivity contribution in [2.24, 2.45) is 5.73 Å². The maximum absolute atomic E-state index is 9.39. The van der Waals surface area contributed by atoms with Crippen molar-refractivity contribution in [2.45, 2.75) is 57.4 Å². The zero-order chi connectivity index (χ0) is 18.8. The lowest BCUT2D eigenvalue weighted by Gasteiger charge is -2.24. The van der Waals surface area contributed by atoms with Gasteiger partial charge in [-0.15, -0.1) is 0 Å². The van der Waals surface area contributed by atoms with Crippen molar-refractivity contribution in [3.8, 4) is 5.75 Å². The van der Waals surface area contributed by atoms with Crippen molar-refractivity contribution in [1.82, 2.24) is 0 Å². The molecule has 2 aromatic carbocycles. The van der Waals surface area contributed by atoms with Crippen molar-refractivity contribution >= 4 is 10.8 Å². The minimum absolute atomic E-state index is 0.222. The lowest BCUT2D eigenvalue weighted by atomic mass is 9.91. The summed E-state index contributed by atoms with van der Waals surface area (Å²) in [5.41, 5.74) is 6.23. The van der Waals surface area contributed by atoms with Crippen molar-refractivity contribution < 1.29 is 14.9 Å². The van der Waals surface area contributed by atoms with Gasteiger partial charge >= 0.3 is 0 Å². The molecule has 0 bridgehead atoms. The van der Waals surface area contributed by atoms with Gasteiger partial charge in [0.05, 0.1) is 25.4 Å². The van der Waals surface area contributed by atoms with Gasteiger partial charge in [-0.3, -0.25) is 0 Å². The molecule has 144 valence electrons. The third-order valence-corrected chi connectivity index (χ3v) is 5.00. The van der Waals surface area contributed by atoms with Crippen LogP contribution >= 0.6 is 0 Å². The van der Waals surface area contributed by atoms with Gasteiger partial charge in [0.25, 0.3) is 0 Å². The predicted molar refractivity (Wildman–Crippen MR) is 108 cm³/mol. The first kappa shape index (κ1) is 20.7. The summed E-state index contributed by atoms with van der Waals surface area (Å²) in [5.74, 6) is 0.920. The van der Waals surface area contributed by atoms with Crippen LogP contribution in [0.5, 0.6) is 5.75 Å². The number of aliphatic hydroxyl groups excluding tert-OH is 2. The van der Waals surface area contributed by atoms with Gasteiger partial charge in [0.1, 0.15) is 5.75 Å². The van der Waals surface area contributed by atoms with Crippen LogP contribution in [0.3, 0.4) is 0 Å². The number of fused-ring (bicyclic) bond motifs is 1. The molecule has 0 radical (unpaired) electrons. The maximum Gasteiger partial charge on any atom is 0.127 e. The third-order valence-electron chi connectivity index (χ3n) is 5.00. The van der Waals surface area contributed by atoms with E-state index in [4.69, 9.17) is 10.5 Å². The normalized spacial score (nSPS) is 11.8. The smallest absolute Gasteiger partial charge is 0.127 e. The molecule has 0 atom stereocenters. The molecular weight excluding hydrogens is 326 g/mol. The number of hydrogen-bond donors (Lipinski definition) is 3. The Morgan fingerprint density at radius 3 is 2.31 bits per heavy atom. The number of aliphatic hydroxyl groups is 2. The number of unbranched alkanes of at least 4 members (excludes halogenated alkanes) is 4. The molecule has 0 amide bonds. The summed E-state index contributed by atoms with van der Waals surface area (Å²) in [7, 11) is 0. The predicted octanol–water partition coefficient (Wildman–Crippen LogP) is 3.80. The Morgan fingerprint density at radius 2 is 1.62 bits per heavy atom. The zero-order valence-corrected chi connectivity index (χ0v) is 15.9. The minimum Gasteiger partial charge on any atom is -0.493 e. The van der Waals surface area contributed by atoms with E-state index in [-0.39, 0.29) is 13.2 Å². The van der Waals surface area contributed by atoms with Gasteiger partial charge in [0.2, 0.25) is 0 Å². The third kappa shape index (κ3) is 5.70. The highest BCUT2D eigenvalue weighted by molar-refractivity contribution is 5.91. The van der Waals surface area contributed by atoms with Crippen molar-refractivity contribution in [3.63, 3.8) is 0 Å². The van der Waals surface area contributed by atoms with E-state index in [1.54, 1.807) is 0 Å². The summed E-state index contributed by atoms with van der Waals surface area (Å²) in [5, 5.41) is 21.0. The molecule has 0 aromatic heterocycles. The quantitative estimate of drug-likeness (QED) is 0.504. The fraction of sp³-hybridized carbons (Fsp3) is 0.545. The zero-order valence-electron chi connectivity index (χ0n) is 15.9. The van der Waals surface area contributed by atoms with Crippen molar-refractivity contribution in [3.05, 3.63) is 42.0 Å². The highest BCUT2D eigenvalue weighted by Crippen LogP contribution is 2.30. The topological polar surface area (TPSA) is 75.7 Å². The van der Waals surface area contributed by atoms with Crippen molar-refractivity contribution in [2.75, 3.05) is 19.8 Å². The molecule has 4 N–H and O–H groups in total. The largest absolute Gasteiger partial charge is 0.493 e. The summed E-state index contributed by atoms with van der Waals surface area (Å²) < 4.78 is 6.04. The highest BCUT2D eigenvalue weighted by Gasteiger charge is 2.23. The van der Waals surface area contributed by atoms with Crippen LogP contribution in [0.2, 0.25) is 0 Å². The second kappa shape index (κ2) is 10.5. The molecule has 0 aliphatic carbocycles. The van der Waals surface area contributed by atoms with E-state index in [0.29, 0.717) is 12.8 Å². The lowest BCUT2D eigenvalue weighted by molar-refractivity contribution is 0.115. The molecule has 0 fully saturated rings. The van der Waals surface area contributed by atoms with Crippen LogP contribution < -0.4 is 10.5 Å². The van der Waals surface area contributed by atoms with Crippen LogP contribution in [0.1, 0.15) is 51.0 Å². The Balaban J connectivity index is 2.05. The summed E-state index contributed by atoms with van der Waals surface area (Å²) >= 11 is 0. The number of ether oxygens (including phenoxy) is 1. The molecule has 0 aliphatic heterocycles. The Hall–Kier alpha value is -1.62. The average Bonchev–Trinajstić information content (AvgIpc) is 2.69. The first-order valence-corrected chi connectivity index (χ1v) is 9.77. The van der Waals surface area contributed by atoms with Gasteiger partial charge in [-0.1, -0.05) is 62.9 Å². The fourth-order valence-corrected chi connectivity index (χ4v) is 3.16. The van der Waals surface area contributed by atoms with E-state index in [0.717, 1.165) is 35.1 Å². The Labute approximate surface area is 157 Å². The van der Waals surface area contributed by atoms with Crippen molar-refractivity contribution in [1.29, 1.82) is 0 Å². The molecule has 4 nitrogen and oxygen atoms in total. The van der Waals surface area contributed by atoms with E-state index >= 15 is 0 Å². The first-order valence-electron chi connectivity index (χ1n) is 9.77. The molecule has 2 rings (SSSR count). The number of benzene rings is 2. The molecule has 0 saturated carbocycles. The van der Waals surface area contributed by atoms with Gasteiger partial charge in [-0.2, -0.15) is 0 Å². The van der Waals surface area contributed by atoms with Crippen LogP contribution in [0.15, 0.2) is 36.4 Å². The molecule has 0 spiro atoms. The lowest BCUT2D eigenvalue weighted by Crippen LogP contribution is -2.47. The van der Waals surface area contributed by atoms with Gasteiger partial charge in [0, 0.05) is 5.39 Å². The summed E-state index contributed by atoms with van der Waals surface area (Å²) in [6.45, 7) is 2.52. The SMILES string of the molecule is CCCCCCCOc1ccc(CCC(N)(CO)CO)c2ccccc12. The molecule has 2 aromatic rings. The second-order valence-electron chi connectivity index (χ2n) is 7.21. The van der Waals surface area contributed by atoms with E-state index < -0.39 is 5.54 Å². The molecular formula is C22H33NO3. The van der Waals surface area contributed by atoms with Gasteiger partial charge in [0.15, 0.2) is 0 Å². The van der Waals surface area contributed by atoms with Gasteiger partial charge in [-0.05, 0) is 36.3 Å². The van der Waals surface area contributed by atoms with Gasteiger partial charge < -0.3 is 20.7 Å². The molecule has 0 saturated heterocycles. The fourth-order valence-electron chi connectivity index (χ4n) is 3.16. The summed E-state index contributed by atoms with van der Waals surface area (Å²) in [6, 6.07) is 12.3. The van der Waals surface area contributed by atoms with Crippen LogP contribution in [0, 0.1) is 0 Å². The number of aryl methyl sites for hydroxylation is 1. The number of rotatable bonds is 12. The first-order chi connectivity index (χ1) is 12.6. The van der Waals surface area contributed by atoms with Gasteiger partial charge in [-0.25, -0.2) is 0 Å². The molecule has 0 aliphatic rings. The highest BCUT2D eigenvalue weighted by atomic mass is 16.5. The summed E-state index contributed by atoms with van der Waals surface area (Å²) in [4.78, 5) is 0. The number of hydrogen-bond acceptors (Lipinski definition) is 4. The minimum atomic E-state index is -0.936. The molecule has 0 heterocycles. The standard InChI is InChI=1S/C22H33NO3/c1-2-3-4-5-8-15-26-21-12-11-18(13-14-22(23,16-24)17-25)19-9-6-7-10-20(19)21/h6-7,9-12,24-25H,2-5,8,13-17,23H2,1H3. The second-order valence-corrected chi connectivity index (χ2v) is 7.21. The Bertz CT molecular complexity index is 667. The molecule has 0 unspecified atom stereocenters. The molecule has 4 heteroatoms.